The van der Waals surface area contributed by atoms with Gasteiger partial charge in [0, 0.05) is 26.2 Å². The third-order valence-electron chi connectivity index (χ3n) is 2.00. The molecule has 1 fully saturated rings. The molecule has 0 amide bonds. The minimum absolute atomic E-state index is 0.0786. The van der Waals surface area contributed by atoms with Gasteiger partial charge >= 0.3 is 12.6 Å². The van der Waals surface area contributed by atoms with Crippen molar-refractivity contribution in [2.24, 2.45) is 0 Å². The Kier molecular flexibility index (Phi) is 2.96. The molecule has 0 saturated carbocycles. The number of halogens is 6. The Bertz CT molecular complexity index is 167. The fourth-order valence-corrected chi connectivity index (χ4v) is 1.21. The Morgan fingerprint density at radius 1 is 0.571 bits per heavy atom. The summed E-state index contributed by atoms with van der Waals surface area (Å²) in [5.74, 6) is 0. The molecule has 0 aliphatic carbocycles. The van der Waals surface area contributed by atoms with E-state index in [1.54, 1.807) is 0 Å². The van der Waals surface area contributed by atoms with Crippen LogP contribution in [0.4, 0.5) is 26.3 Å². The molecule has 0 radical (unpaired) electrons. The average Bonchev–Trinajstić information content (AvgIpc) is 2.01. The van der Waals surface area contributed by atoms with Crippen molar-refractivity contribution in [2.45, 2.75) is 12.6 Å². The van der Waals surface area contributed by atoms with Crippen LogP contribution in [-0.4, -0.2) is 48.6 Å². The molecular weight excluding hydrogens is 214 g/mol. The van der Waals surface area contributed by atoms with Crippen molar-refractivity contribution in [3.8, 4) is 0 Å². The molecule has 1 rings (SSSR count). The molecule has 1 saturated heterocycles. The summed E-state index contributed by atoms with van der Waals surface area (Å²) in [6.07, 6.45) is -9.06. The predicted octanol–water partition coefficient (Wildman–Crippen LogP) is 1.64. The molecule has 0 aromatic carbocycles. The van der Waals surface area contributed by atoms with Gasteiger partial charge in [0.05, 0.1) is 0 Å². The zero-order valence-corrected chi connectivity index (χ0v) is 6.99. The van der Waals surface area contributed by atoms with Gasteiger partial charge in [0.25, 0.3) is 0 Å². The van der Waals surface area contributed by atoms with Crippen molar-refractivity contribution in [2.75, 3.05) is 26.2 Å². The summed E-state index contributed by atoms with van der Waals surface area (Å²) < 4.78 is 71.9. The molecule has 0 aromatic heterocycles. The molecular formula is C6H8F6N2. The minimum Gasteiger partial charge on any atom is -0.212 e. The second-order valence-electron chi connectivity index (χ2n) is 2.91. The lowest BCUT2D eigenvalue weighted by Gasteiger charge is -2.35. The summed E-state index contributed by atoms with van der Waals surface area (Å²) >= 11 is 0. The SMILES string of the molecule is FC(F)(F)N1CCN(C(F)(F)F)CC1. The molecule has 1 heterocycles. The molecule has 0 spiro atoms. The summed E-state index contributed by atoms with van der Waals surface area (Å²) in [7, 11) is 0. The predicted molar refractivity (Wildman–Crippen MR) is 35.3 cm³/mol. The number of nitrogens with zero attached hydrogens (tertiary/aromatic N) is 2. The Morgan fingerprint density at radius 3 is 0.929 bits per heavy atom. The first-order valence-corrected chi connectivity index (χ1v) is 3.85. The van der Waals surface area contributed by atoms with Gasteiger partial charge in [-0.1, -0.05) is 0 Å². The van der Waals surface area contributed by atoms with Crippen LogP contribution in [0, 0.1) is 0 Å². The lowest BCUT2D eigenvalue weighted by Crippen LogP contribution is -2.55. The van der Waals surface area contributed by atoms with E-state index in [1.807, 2.05) is 0 Å². The van der Waals surface area contributed by atoms with Crippen LogP contribution in [-0.2, 0) is 0 Å². The highest BCUT2D eigenvalue weighted by atomic mass is 19.4. The third kappa shape index (κ3) is 2.74. The summed E-state index contributed by atoms with van der Waals surface area (Å²) in [6, 6.07) is 0. The van der Waals surface area contributed by atoms with E-state index in [1.165, 1.54) is 0 Å². The molecule has 0 unspecified atom stereocenters. The number of alkyl halides is 6. The Morgan fingerprint density at radius 2 is 0.786 bits per heavy atom. The van der Waals surface area contributed by atoms with E-state index in [2.05, 4.69) is 0 Å². The van der Waals surface area contributed by atoms with Crippen molar-refractivity contribution in [3.05, 3.63) is 0 Å². The molecule has 0 bridgehead atoms. The maximum absolute atomic E-state index is 12.0. The first kappa shape index (κ1) is 11.6. The average molecular weight is 222 g/mol. The quantitative estimate of drug-likeness (QED) is 0.454. The van der Waals surface area contributed by atoms with Gasteiger partial charge in [-0.3, -0.25) is 0 Å². The molecule has 14 heavy (non-hydrogen) atoms. The van der Waals surface area contributed by atoms with E-state index in [9.17, 15) is 26.3 Å². The van der Waals surface area contributed by atoms with Crippen molar-refractivity contribution in [3.63, 3.8) is 0 Å². The largest absolute Gasteiger partial charge is 0.460 e. The monoisotopic (exact) mass is 222 g/mol. The van der Waals surface area contributed by atoms with Crippen LogP contribution in [0.2, 0.25) is 0 Å². The van der Waals surface area contributed by atoms with Gasteiger partial charge in [0.15, 0.2) is 0 Å². The number of rotatable bonds is 0. The molecule has 2 nitrogen and oxygen atoms in total. The van der Waals surface area contributed by atoms with Gasteiger partial charge < -0.3 is 0 Å². The fraction of sp³-hybridized carbons (Fsp3) is 1.00. The first-order valence-electron chi connectivity index (χ1n) is 3.85. The summed E-state index contributed by atoms with van der Waals surface area (Å²) in [5, 5.41) is 0. The van der Waals surface area contributed by atoms with E-state index < -0.39 is 38.8 Å². The van der Waals surface area contributed by atoms with Gasteiger partial charge in [-0.2, -0.15) is 26.3 Å². The smallest absolute Gasteiger partial charge is 0.212 e. The van der Waals surface area contributed by atoms with Crippen LogP contribution in [0.15, 0.2) is 0 Å². The van der Waals surface area contributed by atoms with Crippen molar-refractivity contribution in [1.82, 2.24) is 9.80 Å². The molecule has 1 aliphatic rings. The van der Waals surface area contributed by atoms with Crippen LogP contribution in [0.3, 0.4) is 0 Å². The Labute approximate surface area is 76.1 Å². The molecule has 0 aromatic rings. The number of hydrogen-bond donors (Lipinski definition) is 0. The van der Waals surface area contributed by atoms with Gasteiger partial charge in [0.1, 0.15) is 0 Å². The summed E-state index contributed by atoms with van der Waals surface area (Å²) in [4.78, 5) is 0.157. The zero-order chi connectivity index (χ0) is 11.0. The van der Waals surface area contributed by atoms with E-state index in [4.69, 9.17) is 0 Å². The van der Waals surface area contributed by atoms with Crippen LogP contribution < -0.4 is 0 Å². The molecule has 8 heteroatoms. The van der Waals surface area contributed by atoms with Crippen LogP contribution in [0.25, 0.3) is 0 Å². The van der Waals surface area contributed by atoms with Crippen molar-refractivity contribution in [1.29, 1.82) is 0 Å². The minimum atomic E-state index is -4.53. The summed E-state index contributed by atoms with van der Waals surface area (Å²) in [6.45, 7) is -2.54. The van der Waals surface area contributed by atoms with Gasteiger partial charge in [-0.25, -0.2) is 9.80 Å². The van der Waals surface area contributed by atoms with E-state index in [0.29, 0.717) is 0 Å². The lowest BCUT2D eigenvalue weighted by atomic mass is 10.3. The number of hydrogen-bond acceptors (Lipinski definition) is 2. The van der Waals surface area contributed by atoms with E-state index in [-0.39, 0.29) is 9.80 Å². The molecule has 0 N–H and O–H groups in total. The highest BCUT2D eigenvalue weighted by Crippen LogP contribution is 2.27. The third-order valence-corrected chi connectivity index (χ3v) is 2.00. The topological polar surface area (TPSA) is 6.48 Å². The van der Waals surface area contributed by atoms with Gasteiger partial charge in [0.2, 0.25) is 0 Å². The van der Waals surface area contributed by atoms with Gasteiger partial charge in [-0.05, 0) is 0 Å². The lowest BCUT2D eigenvalue weighted by molar-refractivity contribution is -0.287. The highest BCUT2D eigenvalue weighted by molar-refractivity contribution is 4.74. The Balaban J connectivity index is 2.47. The first-order chi connectivity index (χ1) is 6.21. The van der Waals surface area contributed by atoms with Crippen LogP contribution in [0.5, 0.6) is 0 Å². The second kappa shape index (κ2) is 3.58. The van der Waals surface area contributed by atoms with Crippen molar-refractivity contribution >= 4 is 0 Å². The van der Waals surface area contributed by atoms with E-state index >= 15 is 0 Å². The van der Waals surface area contributed by atoms with Crippen LogP contribution >= 0.6 is 0 Å². The van der Waals surface area contributed by atoms with Crippen LogP contribution in [0.1, 0.15) is 0 Å². The maximum atomic E-state index is 12.0. The molecule has 84 valence electrons. The van der Waals surface area contributed by atoms with E-state index in [0.717, 1.165) is 0 Å². The highest BCUT2D eigenvalue weighted by Gasteiger charge is 2.44. The standard InChI is InChI=1S/C6H8F6N2/c7-5(8,9)13-1-2-14(4-3-13)6(10,11)12/h1-4H2. The van der Waals surface area contributed by atoms with Crippen molar-refractivity contribution < 1.29 is 26.3 Å². The normalized spacial score (nSPS) is 22.7. The molecule has 0 atom stereocenters. The second-order valence-corrected chi connectivity index (χ2v) is 2.91. The maximum Gasteiger partial charge on any atom is 0.460 e. The summed E-state index contributed by atoms with van der Waals surface area (Å²) in [5.41, 5.74) is 0. The molecule has 1 aliphatic heterocycles. The zero-order valence-electron chi connectivity index (χ0n) is 6.99. The Hall–Kier alpha value is -0.500. The fourth-order valence-electron chi connectivity index (χ4n) is 1.21. The number of piperazine rings is 1. The van der Waals surface area contributed by atoms with Gasteiger partial charge in [-0.15, -0.1) is 0 Å².